The van der Waals surface area contributed by atoms with E-state index in [0.29, 0.717) is 9.60 Å². The summed E-state index contributed by atoms with van der Waals surface area (Å²) in [5.41, 5.74) is 0.276. The third-order valence-electron chi connectivity index (χ3n) is 1.92. The summed E-state index contributed by atoms with van der Waals surface area (Å²) in [6, 6.07) is 3.60. The van der Waals surface area contributed by atoms with Gasteiger partial charge in [0, 0.05) is 10.5 Å². The minimum Gasteiger partial charge on any atom is -0.392 e. The first-order valence-corrected chi connectivity index (χ1v) is 5.05. The van der Waals surface area contributed by atoms with Crippen molar-refractivity contribution in [3.05, 3.63) is 28.9 Å². The number of halogens is 1. The second-order valence-corrected chi connectivity index (χ2v) is 4.08. The minimum absolute atomic E-state index is 0.276. The number of rotatable bonds is 1. The van der Waals surface area contributed by atoms with Crippen LogP contribution in [-0.2, 0) is 6.61 Å². The van der Waals surface area contributed by atoms with Gasteiger partial charge in [-0.2, -0.15) is 0 Å². The normalized spacial score (nSPS) is 11.0. The van der Waals surface area contributed by atoms with E-state index >= 15 is 0 Å². The van der Waals surface area contributed by atoms with E-state index in [1.54, 1.807) is 6.07 Å². The highest BCUT2D eigenvalue weighted by molar-refractivity contribution is 7.80. The van der Waals surface area contributed by atoms with Crippen molar-refractivity contribution in [3.8, 4) is 0 Å². The Bertz CT molecular complexity index is 450. The molecular formula is C9H7FOS2. The van der Waals surface area contributed by atoms with Crippen LogP contribution in [0, 0.1) is 5.82 Å². The van der Waals surface area contributed by atoms with Crippen LogP contribution in [0.3, 0.4) is 0 Å². The number of thiol groups is 1. The van der Waals surface area contributed by atoms with E-state index in [4.69, 9.17) is 5.11 Å². The second kappa shape index (κ2) is 3.29. The lowest BCUT2D eigenvalue weighted by Gasteiger charge is -2.03. The second-order valence-electron chi connectivity index (χ2n) is 2.69. The van der Waals surface area contributed by atoms with Gasteiger partial charge in [0.25, 0.3) is 0 Å². The van der Waals surface area contributed by atoms with E-state index in [9.17, 15) is 4.39 Å². The molecule has 0 radical (unpaired) electrons. The molecule has 0 bridgehead atoms. The van der Waals surface area contributed by atoms with E-state index in [0.717, 1.165) is 5.39 Å². The standard InChI is InChI=1S/C9H7FOS2/c10-8-6(4-11)7(12)3-5-1-2-13-9(5)8/h1-3,11-12H,4H2. The molecule has 4 heteroatoms. The molecule has 1 nitrogen and oxygen atoms in total. The van der Waals surface area contributed by atoms with Crippen LogP contribution in [0.25, 0.3) is 10.1 Å². The van der Waals surface area contributed by atoms with Gasteiger partial charge >= 0.3 is 0 Å². The van der Waals surface area contributed by atoms with Crippen molar-refractivity contribution in [1.82, 2.24) is 0 Å². The van der Waals surface area contributed by atoms with E-state index < -0.39 is 0 Å². The number of thiophene rings is 1. The lowest BCUT2D eigenvalue weighted by molar-refractivity contribution is 0.273. The van der Waals surface area contributed by atoms with Crippen LogP contribution in [0.4, 0.5) is 4.39 Å². The predicted octanol–water partition coefficient (Wildman–Crippen LogP) is 2.82. The van der Waals surface area contributed by atoms with E-state index in [1.807, 2.05) is 11.4 Å². The lowest BCUT2D eigenvalue weighted by atomic mass is 10.2. The van der Waals surface area contributed by atoms with Crippen LogP contribution >= 0.6 is 24.0 Å². The zero-order chi connectivity index (χ0) is 9.42. The summed E-state index contributed by atoms with van der Waals surface area (Å²) in [5.74, 6) is -0.347. The van der Waals surface area contributed by atoms with Gasteiger partial charge in [0.15, 0.2) is 0 Å². The molecule has 0 saturated heterocycles. The number of fused-ring (bicyclic) bond motifs is 1. The maximum Gasteiger partial charge on any atom is 0.147 e. The molecule has 0 amide bonds. The molecule has 1 aromatic carbocycles. The average molecular weight is 214 g/mol. The van der Waals surface area contributed by atoms with Gasteiger partial charge in [0.2, 0.25) is 0 Å². The van der Waals surface area contributed by atoms with Crippen LogP contribution in [-0.4, -0.2) is 5.11 Å². The third kappa shape index (κ3) is 1.35. The van der Waals surface area contributed by atoms with Gasteiger partial charge in [-0.05, 0) is 22.9 Å². The molecule has 0 spiro atoms. The summed E-state index contributed by atoms with van der Waals surface area (Å²) in [7, 11) is 0. The van der Waals surface area contributed by atoms with Crippen LogP contribution < -0.4 is 0 Å². The molecule has 1 N–H and O–H groups in total. The first kappa shape index (κ1) is 8.99. The molecule has 0 aliphatic heterocycles. The summed E-state index contributed by atoms with van der Waals surface area (Å²) >= 11 is 5.44. The number of aliphatic hydroxyl groups is 1. The minimum atomic E-state index is -0.347. The first-order chi connectivity index (χ1) is 6.24. The van der Waals surface area contributed by atoms with E-state index in [-0.39, 0.29) is 18.0 Å². The summed E-state index contributed by atoms with van der Waals surface area (Å²) in [5, 5.41) is 11.6. The molecule has 1 aromatic heterocycles. The smallest absolute Gasteiger partial charge is 0.147 e. The topological polar surface area (TPSA) is 20.2 Å². The molecule has 0 atom stereocenters. The molecule has 1 heterocycles. The quantitative estimate of drug-likeness (QED) is 0.699. The maximum atomic E-state index is 13.6. The fourth-order valence-corrected chi connectivity index (χ4v) is 2.39. The van der Waals surface area contributed by atoms with E-state index in [1.165, 1.54) is 11.3 Å². The van der Waals surface area contributed by atoms with Crippen molar-refractivity contribution in [2.75, 3.05) is 0 Å². The molecule has 0 fully saturated rings. The molecule has 0 aliphatic carbocycles. The Morgan fingerprint density at radius 2 is 2.31 bits per heavy atom. The lowest BCUT2D eigenvalue weighted by Crippen LogP contribution is -1.91. The Kier molecular flexibility index (Phi) is 2.27. The fourth-order valence-electron chi connectivity index (χ4n) is 1.25. The summed E-state index contributed by atoms with van der Waals surface area (Å²) in [6.45, 7) is -0.307. The predicted molar refractivity (Wildman–Crippen MR) is 55.0 cm³/mol. The van der Waals surface area contributed by atoms with Crippen LogP contribution in [0.15, 0.2) is 22.4 Å². The number of benzene rings is 1. The Labute approximate surface area is 84.2 Å². The Morgan fingerprint density at radius 1 is 1.54 bits per heavy atom. The Morgan fingerprint density at radius 3 is 3.00 bits per heavy atom. The molecule has 2 rings (SSSR count). The molecule has 0 aliphatic rings. The Hall–Kier alpha value is -0.580. The summed E-state index contributed by atoms with van der Waals surface area (Å²) in [6.07, 6.45) is 0. The summed E-state index contributed by atoms with van der Waals surface area (Å²) in [4.78, 5) is 0.505. The van der Waals surface area contributed by atoms with Crippen molar-refractivity contribution in [2.45, 2.75) is 11.5 Å². The largest absolute Gasteiger partial charge is 0.392 e. The third-order valence-corrected chi connectivity index (χ3v) is 3.24. The maximum absolute atomic E-state index is 13.6. The molecule has 0 unspecified atom stereocenters. The summed E-state index contributed by atoms with van der Waals surface area (Å²) < 4.78 is 14.2. The van der Waals surface area contributed by atoms with Crippen molar-refractivity contribution in [3.63, 3.8) is 0 Å². The van der Waals surface area contributed by atoms with Gasteiger partial charge in [-0.1, -0.05) is 0 Å². The first-order valence-electron chi connectivity index (χ1n) is 3.72. The van der Waals surface area contributed by atoms with Crippen molar-refractivity contribution in [1.29, 1.82) is 0 Å². The monoisotopic (exact) mass is 214 g/mol. The molecule has 68 valence electrons. The average Bonchev–Trinajstić information content (AvgIpc) is 2.53. The van der Waals surface area contributed by atoms with Crippen molar-refractivity contribution < 1.29 is 9.50 Å². The van der Waals surface area contributed by atoms with Crippen LogP contribution in [0.1, 0.15) is 5.56 Å². The molecule has 2 aromatic rings. The van der Waals surface area contributed by atoms with Gasteiger partial charge in [-0.25, -0.2) is 4.39 Å². The highest BCUT2D eigenvalue weighted by Gasteiger charge is 2.11. The highest BCUT2D eigenvalue weighted by atomic mass is 32.1. The van der Waals surface area contributed by atoms with Crippen LogP contribution in [0.5, 0.6) is 0 Å². The Balaban J connectivity index is 2.85. The van der Waals surface area contributed by atoms with Gasteiger partial charge < -0.3 is 5.11 Å². The van der Waals surface area contributed by atoms with Crippen molar-refractivity contribution in [2.24, 2.45) is 0 Å². The van der Waals surface area contributed by atoms with Gasteiger partial charge in [0.1, 0.15) is 5.82 Å². The van der Waals surface area contributed by atoms with Crippen LogP contribution in [0.2, 0.25) is 0 Å². The number of aliphatic hydroxyl groups excluding tert-OH is 1. The van der Waals surface area contributed by atoms with Gasteiger partial charge in [-0.15, -0.1) is 24.0 Å². The zero-order valence-corrected chi connectivity index (χ0v) is 8.33. The molecule has 13 heavy (non-hydrogen) atoms. The van der Waals surface area contributed by atoms with Gasteiger partial charge in [-0.3, -0.25) is 0 Å². The number of hydrogen-bond donors (Lipinski definition) is 2. The molecule has 0 saturated carbocycles. The zero-order valence-electron chi connectivity index (χ0n) is 6.62. The highest BCUT2D eigenvalue weighted by Crippen LogP contribution is 2.30. The van der Waals surface area contributed by atoms with E-state index in [2.05, 4.69) is 12.6 Å². The SMILES string of the molecule is OCc1c(S)cc2ccsc2c1F. The van der Waals surface area contributed by atoms with Gasteiger partial charge in [0.05, 0.1) is 11.3 Å². The van der Waals surface area contributed by atoms with Crippen molar-refractivity contribution >= 4 is 34.1 Å². The molecular weight excluding hydrogens is 207 g/mol. The number of hydrogen-bond acceptors (Lipinski definition) is 3. The fraction of sp³-hybridized carbons (Fsp3) is 0.111.